The molecule has 0 aliphatic heterocycles. The molecule has 1 atom stereocenters. The van der Waals surface area contributed by atoms with E-state index in [9.17, 15) is 0 Å². The second-order valence-electron chi connectivity index (χ2n) is 5.25. The van der Waals surface area contributed by atoms with Crippen LogP contribution in [0.3, 0.4) is 0 Å². The molecule has 1 aromatic rings. The van der Waals surface area contributed by atoms with Crippen molar-refractivity contribution in [2.75, 3.05) is 14.1 Å². The molecule has 3 nitrogen and oxygen atoms in total. The Morgan fingerprint density at radius 2 is 1.74 bits per heavy atom. The Kier molecular flexibility index (Phi) is 6.47. The molecule has 1 aromatic carbocycles. The molecule has 0 amide bonds. The van der Waals surface area contributed by atoms with Gasteiger partial charge in [-0.25, -0.2) is 0 Å². The number of nitrogens with zero attached hydrogens (tertiary/aromatic N) is 1. The maximum absolute atomic E-state index is 5.84. The van der Waals surface area contributed by atoms with Gasteiger partial charge in [-0.15, -0.1) is 0 Å². The number of hydrogen-bond acceptors (Lipinski definition) is 3. The number of hydrazine groups is 1. The van der Waals surface area contributed by atoms with Crippen LogP contribution < -0.4 is 11.3 Å². The van der Waals surface area contributed by atoms with Crippen LogP contribution in [0.4, 0.5) is 0 Å². The van der Waals surface area contributed by atoms with Crippen LogP contribution >= 0.6 is 15.9 Å². The van der Waals surface area contributed by atoms with Gasteiger partial charge < -0.3 is 4.90 Å². The van der Waals surface area contributed by atoms with E-state index < -0.39 is 0 Å². The normalized spacial score (nSPS) is 13.8. The number of benzene rings is 1. The smallest absolute Gasteiger partial charge is 0.0434 e. The maximum Gasteiger partial charge on any atom is 0.0434 e. The molecule has 0 radical (unpaired) electrons. The predicted molar refractivity (Wildman–Crippen MR) is 86.0 cm³/mol. The fraction of sp³-hybridized carbons (Fsp3) is 0.600. The summed E-state index contributed by atoms with van der Waals surface area (Å²) >= 11 is 3.47. The molecular weight excluding hydrogens is 302 g/mol. The molecule has 0 fully saturated rings. The quantitative estimate of drug-likeness (QED) is 0.597. The average Bonchev–Trinajstić information content (AvgIpc) is 2.41. The zero-order valence-corrected chi connectivity index (χ0v) is 14.0. The minimum atomic E-state index is 0.0851. The van der Waals surface area contributed by atoms with Crippen LogP contribution in [-0.2, 0) is 6.42 Å². The van der Waals surface area contributed by atoms with Gasteiger partial charge in [-0.05, 0) is 51.1 Å². The molecule has 0 saturated heterocycles. The third-order valence-corrected chi connectivity index (χ3v) is 4.85. The fourth-order valence-electron chi connectivity index (χ4n) is 2.95. The van der Waals surface area contributed by atoms with Crippen molar-refractivity contribution >= 4 is 15.9 Å². The number of likely N-dealkylation sites (N-methyl/N-ethyl adjacent to an activating group) is 1. The van der Waals surface area contributed by atoms with Gasteiger partial charge in [-0.1, -0.05) is 41.9 Å². The summed E-state index contributed by atoms with van der Waals surface area (Å²) in [5, 5.41) is 0. The number of rotatable bonds is 7. The second kappa shape index (κ2) is 7.39. The second-order valence-corrected chi connectivity index (χ2v) is 6.17. The molecule has 0 spiro atoms. The number of nitrogens with two attached hydrogens (primary N) is 1. The van der Waals surface area contributed by atoms with E-state index in [0.717, 1.165) is 23.7 Å². The van der Waals surface area contributed by atoms with Crippen molar-refractivity contribution in [1.82, 2.24) is 10.3 Å². The summed E-state index contributed by atoms with van der Waals surface area (Å²) in [6.07, 6.45) is 3.08. The van der Waals surface area contributed by atoms with Crippen LogP contribution in [0, 0.1) is 0 Å². The molecule has 0 aliphatic carbocycles. The van der Waals surface area contributed by atoms with Crippen molar-refractivity contribution in [2.24, 2.45) is 5.84 Å². The topological polar surface area (TPSA) is 41.3 Å². The van der Waals surface area contributed by atoms with E-state index in [1.54, 1.807) is 0 Å². The Hall–Kier alpha value is -0.420. The average molecular weight is 328 g/mol. The molecule has 1 rings (SSSR count). The van der Waals surface area contributed by atoms with Gasteiger partial charge in [0.1, 0.15) is 0 Å². The highest BCUT2D eigenvalue weighted by Crippen LogP contribution is 2.28. The van der Waals surface area contributed by atoms with Crippen LogP contribution in [-0.4, -0.2) is 30.6 Å². The third-order valence-electron chi connectivity index (χ3n) is 4.32. The number of halogens is 1. The molecular formula is C15H26BrN3. The first-order valence-corrected chi connectivity index (χ1v) is 7.67. The van der Waals surface area contributed by atoms with Gasteiger partial charge in [0.25, 0.3) is 0 Å². The summed E-state index contributed by atoms with van der Waals surface area (Å²) in [5.74, 6) is 5.84. The maximum atomic E-state index is 5.84. The van der Waals surface area contributed by atoms with Crippen LogP contribution in [0.15, 0.2) is 28.7 Å². The van der Waals surface area contributed by atoms with Gasteiger partial charge in [0.2, 0.25) is 0 Å². The van der Waals surface area contributed by atoms with Gasteiger partial charge >= 0.3 is 0 Å². The summed E-state index contributed by atoms with van der Waals surface area (Å²) < 4.78 is 1.11. The summed E-state index contributed by atoms with van der Waals surface area (Å²) in [7, 11) is 4.28. The monoisotopic (exact) mass is 327 g/mol. The molecule has 4 heteroatoms. The minimum absolute atomic E-state index is 0.0851. The molecule has 0 bridgehead atoms. The first-order chi connectivity index (χ1) is 9.00. The fourth-order valence-corrected chi connectivity index (χ4v) is 3.21. The van der Waals surface area contributed by atoms with E-state index in [-0.39, 0.29) is 11.6 Å². The summed E-state index contributed by atoms with van der Waals surface area (Å²) in [6.45, 7) is 4.46. The number of hydrogen-bond donors (Lipinski definition) is 2. The standard InChI is InChI=1S/C15H26BrN3/c1-5-15(6-2,19(3)4)14(18-17)11-12-7-9-13(16)10-8-12/h7-10,14,18H,5-6,11,17H2,1-4H3. The zero-order chi connectivity index (χ0) is 14.5. The molecule has 3 N–H and O–H groups in total. The van der Waals surface area contributed by atoms with E-state index in [0.29, 0.717) is 0 Å². The molecule has 108 valence electrons. The van der Waals surface area contributed by atoms with E-state index in [1.165, 1.54) is 5.56 Å². The van der Waals surface area contributed by atoms with Gasteiger partial charge in [0.15, 0.2) is 0 Å². The van der Waals surface area contributed by atoms with Gasteiger partial charge in [-0.2, -0.15) is 0 Å². The summed E-state index contributed by atoms with van der Waals surface area (Å²) in [5.41, 5.74) is 4.43. The Balaban J connectivity index is 2.95. The van der Waals surface area contributed by atoms with Crippen molar-refractivity contribution < 1.29 is 0 Å². The van der Waals surface area contributed by atoms with Crippen LogP contribution in [0.1, 0.15) is 32.3 Å². The van der Waals surface area contributed by atoms with E-state index in [1.807, 2.05) is 0 Å². The first kappa shape index (κ1) is 16.6. The summed E-state index contributed by atoms with van der Waals surface area (Å²) in [4.78, 5) is 2.30. The Labute approximate surface area is 125 Å². The SMILES string of the molecule is CCC(CC)(C(Cc1ccc(Br)cc1)NN)N(C)C. The lowest BCUT2D eigenvalue weighted by atomic mass is 9.80. The Morgan fingerprint density at radius 3 is 2.11 bits per heavy atom. The Bertz CT molecular complexity index is 371. The van der Waals surface area contributed by atoms with E-state index in [4.69, 9.17) is 5.84 Å². The lowest BCUT2D eigenvalue weighted by Gasteiger charge is -2.45. The van der Waals surface area contributed by atoms with Gasteiger partial charge in [0, 0.05) is 16.1 Å². The van der Waals surface area contributed by atoms with E-state index in [2.05, 4.69) is 78.5 Å². The molecule has 0 aromatic heterocycles. The third kappa shape index (κ3) is 3.78. The number of nitrogens with one attached hydrogen (secondary N) is 1. The minimum Gasteiger partial charge on any atom is -0.302 e. The van der Waals surface area contributed by atoms with Crippen molar-refractivity contribution in [3.63, 3.8) is 0 Å². The predicted octanol–water partition coefficient (Wildman–Crippen LogP) is 2.94. The molecule has 0 saturated carbocycles. The molecule has 0 heterocycles. The largest absolute Gasteiger partial charge is 0.302 e. The highest BCUT2D eigenvalue weighted by molar-refractivity contribution is 9.10. The van der Waals surface area contributed by atoms with Crippen LogP contribution in [0.25, 0.3) is 0 Å². The highest BCUT2D eigenvalue weighted by atomic mass is 79.9. The lowest BCUT2D eigenvalue weighted by molar-refractivity contribution is 0.0882. The Morgan fingerprint density at radius 1 is 1.21 bits per heavy atom. The zero-order valence-electron chi connectivity index (χ0n) is 12.4. The summed E-state index contributed by atoms with van der Waals surface area (Å²) in [6, 6.07) is 8.70. The van der Waals surface area contributed by atoms with Crippen molar-refractivity contribution in [2.45, 2.75) is 44.7 Å². The highest BCUT2D eigenvalue weighted by Gasteiger charge is 2.37. The molecule has 1 unspecified atom stereocenters. The van der Waals surface area contributed by atoms with Crippen molar-refractivity contribution in [1.29, 1.82) is 0 Å². The molecule has 0 aliphatic rings. The van der Waals surface area contributed by atoms with Crippen LogP contribution in [0.5, 0.6) is 0 Å². The first-order valence-electron chi connectivity index (χ1n) is 6.88. The van der Waals surface area contributed by atoms with Crippen LogP contribution in [0.2, 0.25) is 0 Å². The van der Waals surface area contributed by atoms with Gasteiger partial charge in [-0.3, -0.25) is 11.3 Å². The van der Waals surface area contributed by atoms with Crippen molar-refractivity contribution in [3.8, 4) is 0 Å². The molecule has 19 heavy (non-hydrogen) atoms. The van der Waals surface area contributed by atoms with Gasteiger partial charge in [0.05, 0.1) is 0 Å². The lowest BCUT2D eigenvalue weighted by Crippen LogP contribution is -2.61. The van der Waals surface area contributed by atoms with E-state index >= 15 is 0 Å². The van der Waals surface area contributed by atoms with Crippen molar-refractivity contribution in [3.05, 3.63) is 34.3 Å².